The fourth-order valence-electron chi connectivity index (χ4n) is 9.06. The fourth-order valence-corrected chi connectivity index (χ4v) is 9.67. The van der Waals surface area contributed by atoms with Crippen molar-refractivity contribution >= 4 is 64.2 Å². The van der Waals surface area contributed by atoms with Crippen molar-refractivity contribution in [3.05, 3.63) is 81.4 Å². The summed E-state index contributed by atoms with van der Waals surface area (Å²) < 4.78 is 66.2. The summed E-state index contributed by atoms with van der Waals surface area (Å²) in [6, 6.07) is 10.7. The number of hydrogen-bond donors (Lipinski definition) is 2. The number of carboxylic acid groups (broad SMARTS) is 1. The summed E-state index contributed by atoms with van der Waals surface area (Å²) in [6.45, 7) is 10.2. The largest absolute Gasteiger partial charge is 0.480 e. The number of carbonyl (C=O) groups excluding carboxylic acids is 6. The minimum absolute atomic E-state index is 0.0153. The number of nitrogens with zero attached hydrogens (tertiary/aromatic N) is 1. The average molecular weight is 1240 g/mol. The van der Waals surface area contributed by atoms with E-state index in [4.69, 9.17) is 80.0 Å². The number of nitrogens with one attached hydrogen (secondary N) is 1. The van der Waals surface area contributed by atoms with E-state index in [1.807, 2.05) is 0 Å². The maximum Gasteiger partial charge on any atom is 0.326 e. The lowest BCUT2D eigenvalue weighted by atomic mass is 9.79. The van der Waals surface area contributed by atoms with Crippen LogP contribution in [0.2, 0.25) is 10.0 Å². The summed E-state index contributed by atoms with van der Waals surface area (Å²) in [5.74, 6) is -2.40. The molecule has 22 nitrogen and oxygen atoms in total. The fraction of sp³-hybridized carbons (Fsp3) is 0.656. The molecule has 2 aromatic rings. The number of rotatable bonds is 55. The van der Waals surface area contributed by atoms with Crippen LogP contribution in [0.5, 0.6) is 0 Å². The normalized spacial score (nSPS) is 14.2. The highest BCUT2D eigenvalue weighted by Gasteiger charge is 2.42. The van der Waals surface area contributed by atoms with Gasteiger partial charge in [-0.25, -0.2) is 4.79 Å². The molecule has 0 bridgehead atoms. The summed E-state index contributed by atoms with van der Waals surface area (Å²) in [5, 5.41) is 13.4. The van der Waals surface area contributed by atoms with E-state index in [2.05, 4.69) is 5.32 Å². The Labute approximate surface area is 509 Å². The lowest BCUT2D eigenvalue weighted by Crippen LogP contribution is -2.48. The zero-order valence-corrected chi connectivity index (χ0v) is 50.6. The first kappa shape index (κ1) is 72.8. The van der Waals surface area contributed by atoms with Gasteiger partial charge in [0.25, 0.3) is 11.8 Å². The third kappa shape index (κ3) is 32.3. The van der Waals surface area contributed by atoms with Crippen molar-refractivity contribution in [3.8, 4) is 0 Å². The molecule has 0 radical (unpaired) electrons. The molecule has 85 heavy (non-hydrogen) atoms. The van der Waals surface area contributed by atoms with Crippen molar-refractivity contribution in [2.75, 3.05) is 165 Å². The lowest BCUT2D eigenvalue weighted by Gasteiger charge is -2.29. The topological polar surface area (TPSA) is 266 Å². The predicted molar refractivity (Wildman–Crippen MR) is 313 cm³/mol. The molecule has 0 aromatic heterocycles. The van der Waals surface area contributed by atoms with E-state index in [9.17, 15) is 38.7 Å². The van der Waals surface area contributed by atoms with E-state index in [-0.39, 0.29) is 89.5 Å². The van der Waals surface area contributed by atoms with Gasteiger partial charge in [0.1, 0.15) is 17.6 Å². The molecule has 2 N–H and O–H groups in total. The van der Waals surface area contributed by atoms with Crippen LogP contribution in [-0.2, 0) is 98.5 Å². The van der Waals surface area contributed by atoms with Gasteiger partial charge in [0.05, 0.1) is 168 Å². The molecule has 2 aliphatic rings. The van der Waals surface area contributed by atoms with Crippen LogP contribution in [0.25, 0.3) is 0 Å². The van der Waals surface area contributed by atoms with Gasteiger partial charge < -0.3 is 67.3 Å². The van der Waals surface area contributed by atoms with E-state index in [0.29, 0.717) is 208 Å². The molecule has 1 heterocycles. The number of aliphatic carboxylic acids is 1. The average Bonchev–Trinajstić information content (AvgIpc) is 4.31. The molecule has 0 saturated heterocycles. The van der Waals surface area contributed by atoms with Gasteiger partial charge in [-0.15, -0.1) is 0 Å². The molecular weight excluding hydrogens is 1150 g/mol. The summed E-state index contributed by atoms with van der Waals surface area (Å²) in [4.78, 5) is 87.6. The van der Waals surface area contributed by atoms with Crippen LogP contribution >= 0.6 is 23.2 Å². The second-order valence-corrected chi connectivity index (χ2v) is 20.9. The highest BCUT2D eigenvalue weighted by atomic mass is 35.5. The van der Waals surface area contributed by atoms with Crippen molar-refractivity contribution in [1.82, 2.24) is 10.2 Å². The van der Waals surface area contributed by atoms with Gasteiger partial charge in [0.2, 0.25) is 5.91 Å². The van der Waals surface area contributed by atoms with Gasteiger partial charge >= 0.3 is 5.97 Å². The number of amides is 3. The first-order valence-electron chi connectivity index (χ1n) is 29.5. The standard InChI is InChI=1S/C61H88Cl2N2O20/c62-52-8-3-9-53(63)58(52)55(68)47-49-12-10-48(11-13-49)46-54(59(71)72)64-60(73)61(18-1-2-19-61)20-4-6-51(67)17-23-75-25-27-77-29-31-79-33-35-81-37-39-83-41-43-85-45-44-84-42-40-82-38-36-80-34-32-78-30-28-76-26-24-74-22-5-7-50(66)16-21-65-56(69)14-15-57(65)70/h3,8-15,54H,1-2,4-7,16-47H2,(H,64,73)(H,71,72)/t54-/m0/s1. The van der Waals surface area contributed by atoms with Gasteiger partial charge in [0.15, 0.2) is 5.78 Å². The molecule has 3 amide bonds. The Balaban J connectivity index is 0.823. The second-order valence-electron chi connectivity index (χ2n) is 20.1. The summed E-state index contributed by atoms with van der Waals surface area (Å²) in [5.41, 5.74) is 0.950. The van der Waals surface area contributed by atoms with Crippen molar-refractivity contribution in [2.45, 2.75) is 89.5 Å². The molecule has 476 valence electrons. The highest BCUT2D eigenvalue weighted by Crippen LogP contribution is 2.43. The minimum Gasteiger partial charge on any atom is -0.480 e. The summed E-state index contributed by atoms with van der Waals surface area (Å²) in [6.07, 6.45) is 8.18. The molecule has 1 fully saturated rings. The Morgan fingerprint density at radius 3 is 1.29 bits per heavy atom. The lowest BCUT2D eigenvalue weighted by molar-refractivity contribution is -0.144. The van der Waals surface area contributed by atoms with E-state index in [1.54, 1.807) is 42.5 Å². The third-order valence-electron chi connectivity index (χ3n) is 13.7. The number of carbonyl (C=O) groups is 7. The first-order valence-corrected chi connectivity index (χ1v) is 30.2. The van der Waals surface area contributed by atoms with Gasteiger partial charge in [-0.2, -0.15) is 0 Å². The van der Waals surface area contributed by atoms with E-state index in [1.165, 1.54) is 12.2 Å². The number of carboxylic acids is 1. The molecule has 1 saturated carbocycles. The number of hydrogen-bond acceptors (Lipinski definition) is 19. The Morgan fingerprint density at radius 1 is 0.494 bits per heavy atom. The number of halogens is 2. The Morgan fingerprint density at radius 2 is 0.871 bits per heavy atom. The zero-order valence-electron chi connectivity index (χ0n) is 49.1. The van der Waals surface area contributed by atoms with E-state index >= 15 is 0 Å². The Bertz CT molecular complexity index is 2240. The Hall–Kier alpha value is -4.63. The van der Waals surface area contributed by atoms with Crippen LogP contribution in [0.3, 0.4) is 0 Å². The van der Waals surface area contributed by atoms with Crippen LogP contribution in [0, 0.1) is 5.41 Å². The maximum atomic E-state index is 13.7. The Kier molecular flexibility index (Phi) is 39.1. The number of ether oxygens (including phenoxy) is 12. The SMILES string of the molecule is O=C(CCCC1(C(=O)N[C@@H](Cc2ccc(CC(=O)c3c(Cl)cccc3Cl)cc2)C(=O)O)CCCC1)CCOCCOCCOCCOCCOCCOCCOCCOCCOCCOCCOCCOCCCC(=O)CCN1C(=O)C=CC1=O. The third-order valence-corrected chi connectivity index (χ3v) is 14.3. The van der Waals surface area contributed by atoms with Crippen LogP contribution in [0.4, 0.5) is 0 Å². The molecule has 24 heteroatoms. The van der Waals surface area contributed by atoms with Gasteiger partial charge in [-0.3, -0.25) is 33.7 Å². The maximum absolute atomic E-state index is 13.7. The molecular formula is C61H88Cl2N2O20. The van der Waals surface area contributed by atoms with Gasteiger partial charge in [0, 0.05) is 69.2 Å². The molecule has 4 rings (SSSR count). The smallest absolute Gasteiger partial charge is 0.326 e. The minimum atomic E-state index is -1.14. The van der Waals surface area contributed by atoms with Crippen molar-refractivity contribution in [2.24, 2.45) is 5.41 Å². The quantitative estimate of drug-likeness (QED) is 0.0431. The van der Waals surface area contributed by atoms with E-state index < -0.39 is 17.4 Å². The summed E-state index contributed by atoms with van der Waals surface area (Å²) in [7, 11) is 0. The molecule has 0 spiro atoms. The monoisotopic (exact) mass is 1240 g/mol. The van der Waals surface area contributed by atoms with Gasteiger partial charge in [-0.05, 0) is 55.4 Å². The van der Waals surface area contributed by atoms with Crippen LogP contribution in [-0.4, -0.2) is 222 Å². The molecule has 1 atom stereocenters. The number of imide groups is 1. The van der Waals surface area contributed by atoms with Crippen LogP contribution in [0.15, 0.2) is 54.6 Å². The van der Waals surface area contributed by atoms with E-state index in [0.717, 1.165) is 17.7 Å². The zero-order chi connectivity index (χ0) is 61.0. The first-order chi connectivity index (χ1) is 41.4. The summed E-state index contributed by atoms with van der Waals surface area (Å²) >= 11 is 12.4. The van der Waals surface area contributed by atoms with Gasteiger partial charge in [-0.1, -0.05) is 66.4 Å². The molecule has 0 unspecified atom stereocenters. The van der Waals surface area contributed by atoms with Crippen LogP contribution in [0.1, 0.15) is 92.1 Å². The number of ketones is 3. The van der Waals surface area contributed by atoms with Crippen molar-refractivity contribution in [3.63, 3.8) is 0 Å². The predicted octanol–water partition coefficient (Wildman–Crippen LogP) is 6.08. The second kappa shape index (κ2) is 45.6. The van der Waals surface area contributed by atoms with Crippen molar-refractivity contribution in [1.29, 1.82) is 0 Å². The van der Waals surface area contributed by atoms with Crippen LogP contribution < -0.4 is 5.32 Å². The number of Topliss-reactive ketones (excluding diaryl/α,β-unsaturated/α-hetero) is 3. The molecule has 2 aromatic carbocycles. The molecule has 1 aliphatic heterocycles. The van der Waals surface area contributed by atoms with Crippen molar-refractivity contribution < 1.29 is 95.5 Å². The molecule has 1 aliphatic carbocycles. The highest BCUT2D eigenvalue weighted by molar-refractivity contribution is 6.39. The number of benzene rings is 2.